The van der Waals surface area contributed by atoms with Gasteiger partial charge in [-0.05, 0) is 38.6 Å². The number of thiazole rings is 1. The van der Waals surface area contributed by atoms with Crippen molar-refractivity contribution in [1.29, 1.82) is 0 Å². The molecule has 1 saturated heterocycles. The lowest BCUT2D eigenvalue weighted by molar-refractivity contribution is -0.136. The molecular weight excluding hydrogens is 258 g/mol. The van der Waals surface area contributed by atoms with E-state index in [0.29, 0.717) is 18.5 Å². The SMILES string of the molecule is CNC1CCC2CCCC2N(Cc2nccs2)C1=O. The molecule has 104 valence electrons. The molecule has 1 N–H and O–H groups in total. The largest absolute Gasteiger partial charge is 0.331 e. The molecule has 1 amide bonds. The van der Waals surface area contributed by atoms with Crippen LogP contribution < -0.4 is 5.32 Å². The van der Waals surface area contributed by atoms with Crippen molar-refractivity contribution in [3.8, 4) is 0 Å². The first-order valence-corrected chi connectivity index (χ1v) is 8.03. The predicted molar refractivity (Wildman–Crippen MR) is 75.9 cm³/mol. The Morgan fingerprint density at radius 3 is 3.05 bits per heavy atom. The standard InChI is InChI=1S/C14H21N3OS/c1-15-11-6-5-10-3-2-4-12(10)17(14(11)18)9-13-16-7-8-19-13/h7-8,10-12,15H,2-6,9H2,1H3. The lowest BCUT2D eigenvalue weighted by Gasteiger charge is -2.31. The molecule has 3 atom stereocenters. The predicted octanol–water partition coefficient (Wildman–Crippen LogP) is 2.02. The molecule has 1 aromatic rings. The van der Waals surface area contributed by atoms with Gasteiger partial charge in [0.1, 0.15) is 5.01 Å². The number of likely N-dealkylation sites (tertiary alicyclic amines) is 1. The Bertz CT molecular complexity index is 434. The third-order valence-corrected chi connectivity index (χ3v) is 5.33. The van der Waals surface area contributed by atoms with Gasteiger partial charge in [0, 0.05) is 17.6 Å². The second-order valence-corrected chi connectivity index (χ2v) is 6.55. The Morgan fingerprint density at radius 1 is 1.42 bits per heavy atom. The number of amides is 1. The summed E-state index contributed by atoms with van der Waals surface area (Å²) in [5, 5.41) is 6.22. The first-order valence-electron chi connectivity index (χ1n) is 7.15. The Balaban J connectivity index is 1.84. The highest BCUT2D eigenvalue weighted by Crippen LogP contribution is 2.37. The van der Waals surface area contributed by atoms with Crippen LogP contribution >= 0.6 is 11.3 Å². The van der Waals surface area contributed by atoms with E-state index in [1.165, 1.54) is 19.3 Å². The highest BCUT2D eigenvalue weighted by Gasteiger charge is 2.40. The van der Waals surface area contributed by atoms with E-state index in [2.05, 4.69) is 15.2 Å². The van der Waals surface area contributed by atoms with Crippen LogP contribution in [0.5, 0.6) is 0 Å². The van der Waals surface area contributed by atoms with Gasteiger partial charge in [-0.1, -0.05) is 6.42 Å². The van der Waals surface area contributed by atoms with Gasteiger partial charge in [0.2, 0.25) is 5.91 Å². The zero-order valence-electron chi connectivity index (χ0n) is 11.3. The van der Waals surface area contributed by atoms with Gasteiger partial charge in [0.05, 0.1) is 12.6 Å². The number of likely N-dealkylation sites (N-methyl/N-ethyl adjacent to an activating group) is 1. The zero-order valence-corrected chi connectivity index (χ0v) is 12.2. The number of nitrogens with one attached hydrogen (secondary N) is 1. The Hall–Kier alpha value is -0.940. The van der Waals surface area contributed by atoms with Crippen LogP contribution in [0, 0.1) is 5.92 Å². The summed E-state index contributed by atoms with van der Waals surface area (Å²) in [5.74, 6) is 0.967. The summed E-state index contributed by atoms with van der Waals surface area (Å²) >= 11 is 1.64. The molecule has 4 nitrogen and oxygen atoms in total. The second-order valence-electron chi connectivity index (χ2n) is 5.57. The van der Waals surface area contributed by atoms with E-state index in [1.807, 2.05) is 18.6 Å². The van der Waals surface area contributed by atoms with Crippen molar-refractivity contribution in [3.05, 3.63) is 16.6 Å². The van der Waals surface area contributed by atoms with E-state index in [4.69, 9.17) is 0 Å². The maximum Gasteiger partial charge on any atom is 0.240 e. The average Bonchev–Trinajstić information content (AvgIpc) is 3.05. The Labute approximate surface area is 118 Å². The molecule has 19 heavy (non-hydrogen) atoms. The van der Waals surface area contributed by atoms with Crippen LogP contribution in [-0.2, 0) is 11.3 Å². The molecule has 5 heteroatoms. The number of nitrogens with zero attached hydrogens (tertiary/aromatic N) is 2. The fraction of sp³-hybridized carbons (Fsp3) is 0.714. The van der Waals surface area contributed by atoms with Gasteiger partial charge in [-0.15, -0.1) is 11.3 Å². The van der Waals surface area contributed by atoms with Gasteiger partial charge in [-0.25, -0.2) is 4.98 Å². The Morgan fingerprint density at radius 2 is 2.32 bits per heavy atom. The summed E-state index contributed by atoms with van der Waals surface area (Å²) in [4.78, 5) is 19.1. The van der Waals surface area contributed by atoms with Crippen LogP contribution in [0.3, 0.4) is 0 Å². The smallest absolute Gasteiger partial charge is 0.240 e. The monoisotopic (exact) mass is 279 g/mol. The minimum Gasteiger partial charge on any atom is -0.331 e. The quantitative estimate of drug-likeness (QED) is 0.920. The van der Waals surface area contributed by atoms with Crippen LogP contribution in [0.2, 0.25) is 0 Å². The van der Waals surface area contributed by atoms with E-state index in [-0.39, 0.29) is 11.9 Å². The fourth-order valence-electron chi connectivity index (χ4n) is 3.57. The number of hydrogen-bond acceptors (Lipinski definition) is 4. The molecule has 1 saturated carbocycles. The van der Waals surface area contributed by atoms with Crippen molar-refractivity contribution in [2.45, 2.75) is 50.7 Å². The van der Waals surface area contributed by atoms with Gasteiger partial charge in [0.25, 0.3) is 0 Å². The van der Waals surface area contributed by atoms with Gasteiger partial charge in [-0.2, -0.15) is 0 Å². The van der Waals surface area contributed by atoms with Crippen molar-refractivity contribution in [2.75, 3.05) is 7.05 Å². The van der Waals surface area contributed by atoms with Crippen LogP contribution in [0.4, 0.5) is 0 Å². The van der Waals surface area contributed by atoms with Crippen LogP contribution in [-0.4, -0.2) is 34.9 Å². The van der Waals surface area contributed by atoms with Gasteiger partial charge >= 0.3 is 0 Å². The number of hydrogen-bond donors (Lipinski definition) is 1. The van der Waals surface area contributed by atoms with E-state index in [9.17, 15) is 4.79 Å². The van der Waals surface area contributed by atoms with Gasteiger partial charge < -0.3 is 10.2 Å². The molecule has 0 radical (unpaired) electrons. The normalized spacial score (nSPS) is 31.3. The Kier molecular flexibility index (Phi) is 3.84. The zero-order chi connectivity index (χ0) is 13.2. The highest BCUT2D eigenvalue weighted by atomic mass is 32.1. The van der Waals surface area contributed by atoms with Crippen molar-refractivity contribution < 1.29 is 4.79 Å². The third-order valence-electron chi connectivity index (χ3n) is 4.56. The van der Waals surface area contributed by atoms with E-state index in [0.717, 1.165) is 17.8 Å². The van der Waals surface area contributed by atoms with Crippen molar-refractivity contribution in [3.63, 3.8) is 0 Å². The summed E-state index contributed by atoms with van der Waals surface area (Å²) in [7, 11) is 1.89. The van der Waals surface area contributed by atoms with Crippen molar-refractivity contribution in [1.82, 2.24) is 15.2 Å². The molecule has 1 aliphatic heterocycles. The molecule has 0 bridgehead atoms. The molecule has 2 heterocycles. The maximum atomic E-state index is 12.7. The van der Waals surface area contributed by atoms with Crippen molar-refractivity contribution >= 4 is 17.2 Å². The van der Waals surface area contributed by atoms with Crippen LogP contribution in [0.15, 0.2) is 11.6 Å². The van der Waals surface area contributed by atoms with Gasteiger partial charge in [0.15, 0.2) is 0 Å². The van der Waals surface area contributed by atoms with Crippen molar-refractivity contribution in [2.24, 2.45) is 5.92 Å². The fourth-order valence-corrected chi connectivity index (χ4v) is 4.19. The first kappa shape index (κ1) is 13.1. The summed E-state index contributed by atoms with van der Waals surface area (Å²) in [6, 6.07) is 0.431. The lowest BCUT2D eigenvalue weighted by Crippen LogP contribution is -2.47. The molecule has 3 unspecified atom stereocenters. The topological polar surface area (TPSA) is 45.2 Å². The number of aromatic nitrogens is 1. The molecule has 3 rings (SSSR count). The number of carbonyl (C=O) groups excluding carboxylic acids is 1. The molecule has 2 aliphatic rings. The molecule has 0 aromatic carbocycles. The summed E-state index contributed by atoms with van der Waals surface area (Å²) in [6.07, 6.45) is 7.69. The van der Waals surface area contributed by atoms with Crippen LogP contribution in [0.25, 0.3) is 0 Å². The minimum atomic E-state index is -0.00874. The number of carbonyl (C=O) groups is 1. The third kappa shape index (κ3) is 2.54. The number of rotatable bonds is 3. The summed E-state index contributed by atoms with van der Waals surface area (Å²) in [6.45, 7) is 0.690. The summed E-state index contributed by atoms with van der Waals surface area (Å²) < 4.78 is 0. The average molecular weight is 279 g/mol. The molecule has 2 fully saturated rings. The molecule has 0 spiro atoms. The maximum absolute atomic E-state index is 12.7. The molecule has 1 aromatic heterocycles. The number of fused-ring (bicyclic) bond motifs is 1. The van der Waals surface area contributed by atoms with E-state index in [1.54, 1.807) is 11.3 Å². The molecular formula is C14H21N3OS. The van der Waals surface area contributed by atoms with E-state index < -0.39 is 0 Å². The molecule has 1 aliphatic carbocycles. The highest BCUT2D eigenvalue weighted by molar-refractivity contribution is 7.09. The van der Waals surface area contributed by atoms with E-state index >= 15 is 0 Å². The summed E-state index contributed by atoms with van der Waals surface area (Å²) in [5.41, 5.74) is 0. The lowest BCUT2D eigenvalue weighted by atomic mass is 9.97. The van der Waals surface area contributed by atoms with Crippen LogP contribution in [0.1, 0.15) is 37.1 Å². The minimum absolute atomic E-state index is 0.00874. The first-order chi connectivity index (χ1) is 9.29. The second kappa shape index (κ2) is 5.59. The van der Waals surface area contributed by atoms with Gasteiger partial charge in [-0.3, -0.25) is 4.79 Å².